The fraction of sp³-hybridized carbons (Fsp3) is 0.333. The molecule has 0 radical (unpaired) electrons. The summed E-state index contributed by atoms with van der Waals surface area (Å²) in [5, 5.41) is 2.29. The molecule has 4 rings (SSSR count). The maximum Gasteiger partial charge on any atom is 0.163 e. The molecule has 0 aliphatic carbocycles. The van der Waals surface area contributed by atoms with Gasteiger partial charge >= 0.3 is 0 Å². The van der Waals surface area contributed by atoms with Gasteiger partial charge in [-0.2, -0.15) is 0 Å². The van der Waals surface area contributed by atoms with E-state index in [1.807, 2.05) is 24.3 Å². The van der Waals surface area contributed by atoms with Gasteiger partial charge in [-0.15, -0.1) is 0 Å². The lowest BCUT2D eigenvalue weighted by Gasteiger charge is -2.37. The van der Waals surface area contributed by atoms with Crippen LogP contribution in [0.3, 0.4) is 0 Å². The maximum atomic E-state index is 6.43. The van der Waals surface area contributed by atoms with Crippen molar-refractivity contribution in [3.63, 3.8) is 0 Å². The predicted octanol–water partition coefficient (Wildman–Crippen LogP) is 6.37. The molecule has 2 aromatic carbocycles. The van der Waals surface area contributed by atoms with E-state index in [0.717, 1.165) is 35.2 Å². The van der Waals surface area contributed by atoms with Crippen molar-refractivity contribution in [3.05, 3.63) is 52.5 Å². The summed E-state index contributed by atoms with van der Waals surface area (Å²) < 4.78 is 0. The van der Waals surface area contributed by atoms with Crippen LogP contribution >= 0.6 is 23.2 Å². The van der Waals surface area contributed by atoms with Crippen molar-refractivity contribution >= 4 is 39.9 Å². The molecule has 1 saturated heterocycles. The van der Waals surface area contributed by atoms with E-state index in [-0.39, 0.29) is 0 Å². The van der Waals surface area contributed by atoms with Gasteiger partial charge in [0.05, 0.1) is 10.5 Å². The van der Waals surface area contributed by atoms with Crippen molar-refractivity contribution in [3.8, 4) is 11.4 Å². The molecule has 2 heterocycles. The molecule has 1 aliphatic rings. The number of piperidine rings is 1. The molecule has 0 amide bonds. The molecule has 134 valence electrons. The van der Waals surface area contributed by atoms with Crippen molar-refractivity contribution in [2.45, 2.75) is 38.6 Å². The van der Waals surface area contributed by atoms with Crippen LogP contribution in [-0.4, -0.2) is 22.6 Å². The first-order chi connectivity index (χ1) is 12.7. The van der Waals surface area contributed by atoms with Crippen molar-refractivity contribution in [1.29, 1.82) is 0 Å². The summed E-state index contributed by atoms with van der Waals surface area (Å²) in [6.07, 6.45) is 4.82. The van der Waals surface area contributed by atoms with Gasteiger partial charge in [-0.1, -0.05) is 42.3 Å². The summed E-state index contributed by atoms with van der Waals surface area (Å²) in [7, 11) is 0. The SMILES string of the molecule is CCC1CCCCN1c1nc(-c2ccc(Cl)cc2Cl)nc2ccccc12. The van der Waals surface area contributed by atoms with Crippen LogP contribution < -0.4 is 4.90 Å². The zero-order valence-corrected chi connectivity index (χ0v) is 16.3. The standard InChI is InChI=1S/C21H21Cl2N3/c1-2-15-7-5-6-12-26(15)21-17-8-3-4-9-19(17)24-20(25-21)16-11-10-14(22)13-18(16)23/h3-4,8-11,13,15H,2,5-7,12H2,1H3. The Morgan fingerprint density at radius 1 is 1.08 bits per heavy atom. The minimum atomic E-state index is 0.524. The van der Waals surface area contributed by atoms with E-state index in [1.165, 1.54) is 19.3 Å². The number of rotatable bonds is 3. The number of benzene rings is 2. The van der Waals surface area contributed by atoms with E-state index in [0.29, 0.717) is 21.9 Å². The van der Waals surface area contributed by atoms with Gasteiger partial charge in [0, 0.05) is 28.6 Å². The Bertz CT molecular complexity index is 942. The molecule has 1 aliphatic heterocycles. The Kier molecular flexibility index (Phi) is 5.01. The number of halogens is 2. The second-order valence-corrected chi connectivity index (χ2v) is 7.61. The molecule has 1 aromatic heterocycles. The van der Waals surface area contributed by atoms with E-state index in [4.69, 9.17) is 33.2 Å². The van der Waals surface area contributed by atoms with Gasteiger partial charge in [-0.05, 0) is 56.0 Å². The lowest BCUT2D eigenvalue weighted by molar-refractivity contribution is 0.448. The van der Waals surface area contributed by atoms with Crippen LogP contribution in [0.25, 0.3) is 22.3 Å². The maximum absolute atomic E-state index is 6.43. The Morgan fingerprint density at radius 3 is 2.73 bits per heavy atom. The van der Waals surface area contributed by atoms with E-state index in [2.05, 4.69) is 24.0 Å². The molecule has 26 heavy (non-hydrogen) atoms. The number of para-hydroxylation sites is 1. The summed E-state index contributed by atoms with van der Waals surface area (Å²) in [6.45, 7) is 3.29. The smallest absolute Gasteiger partial charge is 0.163 e. The van der Waals surface area contributed by atoms with E-state index in [9.17, 15) is 0 Å². The van der Waals surface area contributed by atoms with Crippen LogP contribution in [-0.2, 0) is 0 Å². The van der Waals surface area contributed by atoms with Crippen LogP contribution in [0.5, 0.6) is 0 Å². The third-order valence-electron chi connectivity index (χ3n) is 5.13. The van der Waals surface area contributed by atoms with Crippen molar-refractivity contribution < 1.29 is 0 Å². The normalized spacial score (nSPS) is 17.7. The molecular formula is C21H21Cl2N3. The number of fused-ring (bicyclic) bond motifs is 1. The molecule has 0 spiro atoms. The molecule has 5 heteroatoms. The molecule has 0 N–H and O–H groups in total. The zero-order valence-electron chi connectivity index (χ0n) is 14.8. The lowest BCUT2D eigenvalue weighted by Crippen LogP contribution is -2.39. The largest absolute Gasteiger partial charge is 0.353 e. The van der Waals surface area contributed by atoms with Gasteiger partial charge in [0.1, 0.15) is 5.82 Å². The highest BCUT2D eigenvalue weighted by Gasteiger charge is 2.25. The number of hydrogen-bond acceptors (Lipinski definition) is 3. The van der Waals surface area contributed by atoms with Crippen molar-refractivity contribution in [1.82, 2.24) is 9.97 Å². The average Bonchev–Trinajstić information content (AvgIpc) is 2.67. The van der Waals surface area contributed by atoms with Crippen molar-refractivity contribution in [2.75, 3.05) is 11.4 Å². The monoisotopic (exact) mass is 385 g/mol. The van der Waals surface area contributed by atoms with Crippen LogP contribution in [0, 0.1) is 0 Å². The van der Waals surface area contributed by atoms with E-state index in [1.54, 1.807) is 6.07 Å². The third kappa shape index (κ3) is 3.26. The molecule has 1 fully saturated rings. The van der Waals surface area contributed by atoms with Gasteiger partial charge in [-0.3, -0.25) is 0 Å². The fourth-order valence-corrected chi connectivity index (χ4v) is 4.27. The Balaban J connectivity index is 1.91. The van der Waals surface area contributed by atoms with Gasteiger partial charge < -0.3 is 4.90 Å². The third-order valence-corrected chi connectivity index (χ3v) is 5.67. The molecule has 3 nitrogen and oxygen atoms in total. The second kappa shape index (κ2) is 7.42. The molecule has 1 unspecified atom stereocenters. The summed E-state index contributed by atoms with van der Waals surface area (Å²) in [4.78, 5) is 12.2. The zero-order chi connectivity index (χ0) is 18.1. The first-order valence-electron chi connectivity index (χ1n) is 9.16. The van der Waals surface area contributed by atoms with Crippen LogP contribution in [0.4, 0.5) is 5.82 Å². The van der Waals surface area contributed by atoms with Gasteiger partial charge in [0.25, 0.3) is 0 Å². The minimum Gasteiger partial charge on any atom is -0.353 e. The predicted molar refractivity (Wildman–Crippen MR) is 110 cm³/mol. The highest BCUT2D eigenvalue weighted by atomic mass is 35.5. The summed E-state index contributed by atoms with van der Waals surface area (Å²) in [5.41, 5.74) is 1.76. The quantitative estimate of drug-likeness (QED) is 0.524. The molecule has 3 aromatic rings. The second-order valence-electron chi connectivity index (χ2n) is 6.76. The van der Waals surface area contributed by atoms with Gasteiger partial charge in [0.15, 0.2) is 5.82 Å². The van der Waals surface area contributed by atoms with Crippen LogP contribution in [0.15, 0.2) is 42.5 Å². The number of aromatic nitrogens is 2. The Morgan fingerprint density at radius 2 is 1.92 bits per heavy atom. The first kappa shape index (κ1) is 17.6. The van der Waals surface area contributed by atoms with E-state index < -0.39 is 0 Å². The summed E-state index contributed by atoms with van der Waals surface area (Å²) in [6, 6.07) is 14.2. The van der Waals surface area contributed by atoms with Crippen LogP contribution in [0.2, 0.25) is 10.0 Å². The summed E-state index contributed by atoms with van der Waals surface area (Å²) in [5.74, 6) is 1.67. The van der Waals surface area contributed by atoms with Gasteiger partial charge in [-0.25, -0.2) is 9.97 Å². The highest BCUT2D eigenvalue weighted by molar-refractivity contribution is 6.36. The molecular weight excluding hydrogens is 365 g/mol. The topological polar surface area (TPSA) is 29.0 Å². The van der Waals surface area contributed by atoms with Crippen LogP contribution in [0.1, 0.15) is 32.6 Å². The number of hydrogen-bond donors (Lipinski definition) is 0. The fourth-order valence-electron chi connectivity index (χ4n) is 3.77. The lowest BCUT2D eigenvalue weighted by atomic mass is 9.99. The molecule has 1 atom stereocenters. The van der Waals surface area contributed by atoms with Crippen molar-refractivity contribution in [2.24, 2.45) is 0 Å². The number of nitrogens with zero attached hydrogens (tertiary/aromatic N) is 3. The average molecular weight is 386 g/mol. The van der Waals surface area contributed by atoms with Gasteiger partial charge in [0.2, 0.25) is 0 Å². The van der Waals surface area contributed by atoms with E-state index >= 15 is 0 Å². The number of anilines is 1. The minimum absolute atomic E-state index is 0.524. The Labute approximate surface area is 164 Å². The highest BCUT2D eigenvalue weighted by Crippen LogP contribution is 2.34. The first-order valence-corrected chi connectivity index (χ1v) is 9.92. The molecule has 0 bridgehead atoms. The summed E-state index contributed by atoms with van der Waals surface area (Å²) >= 11 is 12.5. The Hall–Kier alpha value is -1.84. The molecule has 0 saturated carbocycles.